The molecule has 0 unspecified atom stereocenters. The second-order valence-electron chi connectivity index (χ2n) is 6.69. The van der Waals surface area contributed by atoms with Crippen molar-refractivity contribution >= 4 is 27.3 Å². The molecule has 0 bridgehead atoms. The van der Waals surface area contributed by atoms with Crippen LogP contribution in [-0.4, -0.2) is 28.0 Å². The maximum Gasteiger partial charge on any atom is 0.416 e. The molecule has 168 valence electrons. The number of anilines is 2. The summed E-state index contributed by atoms with van der Waals surface area (Å²) in [4.78, 5) is 12.2. The van der Waals surface area contributed by atoms with Crippen LogP contribution in [0.15, 0.2) is 83.8 Å². The van der Waals surface area contributed by atoms with Gasteiger partial charge in [0.1, 0.15) is 5.75 Å². The molecular formula is C22H19F3N2O4S. The van der Waals surface area contributed by atoms with Crippen molar-refractivity contribution in [3.8, 4) is 5.75 Å². The van der Waals surface area contributed by atoms with Crippen LogP contribution in [0.5, 0.6) is 5.75 Å². The van der Waals surface area contributed by atoms with E-state index in [1.165, 1.54) is 55.6 Å². The quantitative estimate of drug-likeness (QED) is 0.557. The zero-order valence-electron chi connectivity index (χ0n) is 16.8. The van der Waals surface area contributed by atoms with Crippen molar-refractivity contribution in [3.63, 3.8) is 0 Å². The lowest BCUT2D eigenvalue weighted by Gasteiger charge is -2.19. The Labute approximate surface area is 183 Å². The average Bonchev–Trinajstić information content (AvgIpc) is 2.78. The number of nitrogens with one attached hydrogen (secondary N) is 1. The van der Waals surface area contributed by atoms with Crippen molar-refractivity contribution in [2.24, 2.45) is 0 Å². The smallest absolute Gasteiger partial charge is 0.416 e. The molecule has 1 amide bonds. The Morgan fingerprint density at radius 1 is 0.969 bits per heavy atom. The van der Waals surface area contributed by atoms with E-state index in [-0.39, 0.29) is 10.6 Å². The second kappa shape index (κ2) is 9.31. The van der Waals surface area contributed by atoms with Gasteiger partial charge in [-0.1, -0.05) is 24.3 Å². The molecule has 0 spiro atoms. The van der Waals surface area contributed by atoms with E-state index in [0.29, 0.717) is 11.4 Å². The highest BCUT2D eigenvalue weighted by molar-refractivity contribution is 7.92. The molecule has 10 heteroatoms. The van der Waals surface area contributed by atoms with Crippen LogP contribution in [-0.2, 0) is 21.0 Å². The van der Waals surface area contributed by atoms with Crippen molar-refractivity contribution in [3.05, 3.63) is 84.4 Å². The number of benzene rings is 3. The second-order valence-corrected chi connectivity index (χ2v) is 8.66. The third kappa shape index (κ3) is 5.58. The number of hydrogen-bond acceptors (Lipinski definition) is 4. The van der Waals surface area contributed by atoms with Crippen LogP contribution in [0.25, 0.3) is 0 Å². The van der Waals surface area contributed by atoms with Crippen LogP contribution in [0.4, 0.5) is 24.5 Å². The number of sulfonamides is 1. The lowest BCUT2D eigenvalue weighted by molar-refractivity contribution is -0.137. The molecule has 6 nitrogen and oxygen atoms in total. The molecule has 0 aliphatic heterocycles. The summed E-state index contributed by atoms with van der Waals surface area (Å²) in [6, 6.07) is 18.2. The van der Waals surface area contributed by atoms with E-state index >= 15 is 0 Å². The van der Waals surface area contributed by atoms with Crippen LogP contribution in [0.1, 0.15) is 5.56 Å². The molecule has 0 aliphatic carbocycles. The summed E-state index contributed by atoms with van der Waals surface area (Å²) in [6.45, 7) is -0.437. The Morgan fingerprint density at radius 2 is 1.62 bits per heavy atom. The summed E-state index contributed by atoms with van der Waals surface area (Å²) in [5, 5.41) is 2.34. The van der Waals surface area contributed by atoms with Gasteiger partial charge in [0, 0.05) is 12.7 Å². The number of nitrogens with zero attached hydrogens (tertiary/aromatic N) is 1. The van der Waals surface area contributed by atoms with Gasteiger partial charge in [0.2, 0.25) is 0 Å². The van der Waals surface area contributed by atoms with Gasteiger partial charge in [-0.15, -0.1) is 0 Å². The first-order valence-electron chi connectivity index (χ1n) is 9.31. The molecule has 0 saturated carbocycles. The first kappa shape index (κ1) is 23.1. The summed E-state index contributed by atoms with van der Waals surface area (Å²) in [5.74, 6) is -0.351. The Kier molecular flexibility index (Phi) is 6.73. The molecule has 3 aromatic carbocycles. The van der Waals surface area contributed by atoms with Gasteiger partial charge in [-0.25, -0.2) is 8.42 Å². The van der Waals surface area contributed by atoms with Crippen molar-refractivity contribution in [2.45, 2.75) is 11.1 Å². The molecule has 0 aromatic heterocycles. The molecule has 0 atom stereocenters. The van der Waals surface area contributed by atoms with Gasteiger partial charge in [-0.3, -0.25) is 9.10 Å². The van der Waals surface area contributed by atoms with Crippen LogP contribution in [0, 0.1) is 0 Å². The van der Waals surface area contributed by atoms with Gasteiger partial charge < -0.3 is 10.1 Å². The first-order chi connectivity index (χ1) is 15.1. The maximum absolute atomic E-state index is 12.8. The van der Waals surface area contributed by atoms with E-state index in [1.807, 2.05) is 0 Å². The summed E-state index contributed by atoms with van der Waals surface area (Å²) < 4.78 is 70.1. The van der Waals surface area contributed by atoms with E-state index in [9.17, 15) is 26.4 Å². The number of halogens is 3. The Bertz CT molecular complexity index is 1180. The SMILES string of the molecule is CN(c1ccc(OCC(=O)Nc2cccc(C(F)(F)F)c2)cc1)S(=O)(=O)c1ccccc1. The number of ether oxygens (including phenoxy) is 1. The highest BCUT2D eigenvalue weighted by Gasteiger charge is 2.30. The topological polar surface area (TPSA) is 75.7 Å². The van der Waals surface area contributed by atoms with E-state index in [0.717, 1.165) is 16.4 Å². The standard InChI is InChI=1S/C22H19F3N2O4S/c1-27(32(29,30)20-8-3-2-4-9-20)18-10-12-19(13-11-18)31-15-21(28)26-17-7-5-6-16(14-17)22(23,24)25/h2-14H,15H2,1H3,(H,26,28). The van der Waals surface area contributed by atoms with E-state index in [1.54, 1.807) is 18.2 Å². The lowest BCUT2D eigenvalue weighted by atomic mass is 10.2. The van der Waals surface area contributed by atoms with Crippen molar-refractivity contribution in [2.75, 3.05) is 23.3 Å². The lowest BCUT2D eigenvalue weighted by Crippen LogP contribution is -2.26. The van der Waals surface area contributed by atoms with Gasteiger partial charge in [-0.2, -0.15) is 13.2 Å². The zero-order chi connectivity index (χ0) is 23.4. The molecular weight excluding hydrogens is 445 g/mol. The monoisotopic (exact) mass is 464 g/mol. The van der Waals surface area contributed by atoms with Crippen LogP contribution >= 0.6 is 0 Å². The average molecular weight is 464 g/mol. The van der Waals surface area contributed by atoms with Crippen molar-refractivity contribution < 1.29 is 31.1 Å². The maximum atomic E-state index is 12.8. The van der Waals surface area contributed by atoms with Crippen molar-refractivity contribution in [1.82, 2.24) is 0 Å². The molecule has 0 fully saturated rings. The van der Waals surface area contributed by atoms with Crippen LogP contribution in [0.2, 0.25) is 0 Å². The molecule has 0 radical (unpaired) electrons. The molecule has 3 aromatic rings. The zero-order valence-corrected chi connectivity index (χ0v) is 17.7. The fraction of sp³-hybridized carbons (Fsp3) is 0.136. The van der Waals surface area contributed by atoms with E-state index in [4.69, 9.17) is 4.74 Å². The highest BCUT2D eigenvalue weighted by atomic mass is 32.2. The first-order valence-corrected chi connectivity index (χ1v) is 10.8. The molecule has 0 saturated heterocycles. The molecule has 0 aliphatic rings. The van der Waals surface area contributed by atoms with Crippen LogP contribution in [0.3, 0.4) is 0 Å². The number of hydrogen-bond donors (Lipinski definition) is 1. The molecule has 1 N–H and O–H groups in total. The number of carbonyl (C=O) groups is 1. The predicted molar refractivity (Wildman–Crippen MR) is 114 cm³/mol. The minimum absolute atomic E-state index is 0.00323. The molecule has 32 heavy (non-hydrogen) atoms. The number of carbonyl (C=O) groups excluding carboxylic acids is 1. The summed E-state index contributed by atoms with van der Waals surface area (Å²) in [6.07, 6.45) is -4.51. The van der Waals surface area contributed by atoms with Crippen LogP contribution < -0.4 is 14.4 Å². The Hall–Kier alpha value is -3.53. The summed E-state index contributed by atoms with van der Waals surface area (Å²) in [7, 11) is -2.31. The van der Waals surface area contributed by atoms with E-state index < -0.39 is 34.3 Å². The highest BCUT2D eigenvalue weighted by Crippen LogP contribution is 2.30. The number of rotatable bonds is 7. The van der Waals surface area contributed by atoms with Gasteiger partial charge in [0.05, 0.1) is 16.1 Å². The largest absolute Gasteiger partial charge is 0.484 e. The summed E-state index contributed by atoms with van der Waals surface area (Å²) in [5.41, 5.74) is -0.493. The number of amides is 1. The predicted octanol–water partition coefficient (Wildman–Crippen LogP) is 4.55. The summed E-state index contributed by atoms with van der Waals surface area (Å²) >= 11 is 0. The minimum atomic E-state index is -4.51. The van der Waals surface area contributed by atoms with E-state index in [2.05, 4.69) is 5.32 Å². The molecule has 0 heterocycles. The minimum Gasteiger partial charge on any atom is -0.484 e. The van der Waals surface area contributed by atoms with Gasteiger partial charge in [-0.05, 0) is 54.6 Å². The number of alkyl halides is 3. The fourth-order valence-corrected chi connectivity index (χ4v) is 3.98. The fourth-order valence-electron chi connectivity index (χ4n) is 2.76. The normalized spacial score (nSPS) is 11.6. The van der Waals surface area contributed by atoms with Gasteiger partial charge in [0.15, 0.2) is 6.61 Å². The molecule has 3 rings (SSSR count). The Morgan fingerprint density at radius 3 is 2.25 bits per heavy atom. The third-order valence-corrected chi connectivity index (χ3v) is 6.25. The Balaban J connectivity index is 1.60. The van der Waals surface area contributed by atoms with Gasteiger partial charge in [0.25, 0.3) is 15.9 Å². The van der Waals surface area contributed by atoms with Crippen molar-refractivity contribution in [1.29, 1.82) is 0 Å². The third-order valence-electron chi connectivity index (χ3n) is 4.45. The van der Waals surface area contributed by atoms with Gasteiger partial charge >= 0.3 is 6.18 Å².